The molecule has 2 nitrogen and oxygen atoms in total. The van der Waals surface area contributed by atoms with Crippen molar-refractivity contribution in [3.05, 3.63) is 7.05 Å². The molecule has 0 spiro atoms. The van der Waals surface area contributed by atoms with Gasteiger partial charge in [-0.15, -0.1) is 0 Å². The Kier molecular flexibility index (Phi) is 2.49. The number of hydrogen-bond donors (Lipinski definition) is 2. The van der Waals surface area contributed by atoms with Gasteiger partial charge in [-0.25, -0.2) is 0 Å². The van der Waals surface area contributed by atoms with Crippen molar-refractivity contribution in [2.24, 2.45) is 11.7 Å². The van der Waals surface area contributed by atoms with Gasteiger partial charge in [0.2, 0.25) is 0 Å². The van der Waals surface area contributed by atoms with E-state index in [2.05, 4.69) is 7.05 Å². The summed E-state index contributed by atoms with van der Waals surface area (Å²) in [4.78, 5) is 1.40. The van der Waals surface area contributed by atoms with E-state index in [1.165, 1.54) is 30.8 Å². The number of hydrogen-bond acceptors (Lipinski definition) is 1. The summed E-state index contributed by atoms with van der Waals surface area (Å²) in [7, 11) is 3.96. The van der Waals surface area contributed by atoms with E-state index in [9.17, 15) is 0 Å². The van der Waals surface area contributed by atoms with Crippen LogP contribution >= 0.6 is 0 Å². The van der Waals surface area contributed by atoms with Gasteiger partial charge in [0.05, 0.1) is 13.1 Å². The molecule has 0 saturated carbocycles. The smallest absolute Gasteiger partial charge is 0.0571 e. The number of rotatable bonds is 1. The molecule has 1 saturated heterocycles. The quantitative estimate of drug-likeness (QED) is 0.437. The minimum atomic E-state index is 0.742. The lowest BCUT2D eigenvalue weighted by Crippen LogP contribution is -3.08. The van der Waals surface area contributed by atoms with Gasteiger partial charge in [0, 0.05) is 12.5 Å². The van der Waals surface area contributed by atoms with Crippen molar-refractivity contribution >= 4 is 0 Å². The second-order valence-electron chi connectivity index (χ2n) is 2.95. The van der Waals surface area contributed by atoms with E-state index in [-0.39, 0.29) is 0 Å². The molecule has 2 atom stereocenters. The lowest BCUT2D eigenvalue weighted by Gasteiger charge is -2.30. The van der Waals surface area contributed by atoms with Crippen LogP contribution in [0.5, 0.6) is 0 Å². The molecule has 1 heterocycles. The van der Waals surface area contributed by atoms with Crippen LogP contribution in [0.2, 0.25) is 0 Å². The zero-order valence-corrected chi connectivity index (χ0v) is 5.90. The van der Waals surface area contributed by atoms with Gasteiger partial charge in [-0.05, 0) is 12.8 Å². The minimum Gasteiger partial charge on any atom is -0.468 e. The number of quaternary nitrogens is 1. The van der Waals surface area contributed by atoms with Crippen LogP contribution in [-0.4, -0.2) is 19.6 Å². The summed E-state index contributed by atoms with van der Waals surface area (Å²) in [5, 5.41) is 0. The Labute approximate surface area is 57.0 Å². The molecule has 0 radical (unpaired) electrons. The largest absolute Gasteiger partial charge is 0.468 e. The first-order chi connectivity index (χ1) is 4.33. The molecule has 1 aliphatic rings. The van der Waals surface area contributed by atoms with E-state index in [0.717, 1.165) is 12.5 Å². The summed E-state index contributed by atoms with van der Waals surface area (Å²) in [6.45, 7) is 3.26. The Morgan fingerprint density at radius 2 is 2.44 bits per heavy atom. The maximum atomic E-state index is 5.52. The highest BCUT2D eigenvalue weighted by Gasteiger charge is 2.14. The summed E-state index contributed by atoms with van der Waals surface area (Å²) in [6, 6.07) is 0. The minimum absolute atomic E-state index is 0.742. The molecule has 1 fully saturated rings. The SMILES string of the molecule is [CH2-][NH+]1CCCC(CN)C1. The van der Waals surface area contributed by atoms with Gasteiger partial charge >= 0.3 is 0 Å². The van der Waals surface area contributed by atoms with Crippen LogP contribution in [0, 0.1) is 13.0 Å². The zero-order chi connectivity index (χ0) is 6.69. The number of nitrogens with two attached hydrogens (primary N) is 1. The van der Waals surface area contributed by atoms with E-state index >= 15 is 0 Å². The van der Waals surface area contributed by atoms with Gasteiger partial charge in [-0.2, -0.15) is 7.05 Å². The van der Waals surface area contributed by atoms with Gasteiger partial charge < -0.3 is 10.6 Å². The lowest BCUT2D eigenvalue weighted by molar-refractivity contribution is -0.863. The van der Waals surface area contributed by atoms with Crippen LogP contribution in [-0.2, 0) is 0 Å². The molecule has 54 valence electrons. The van der Waals surface area contributed by atoms with Crippen LogP contribution in [0.4, 0.5) is 0 Å². The Bertz CT molecular complexity index is 83.0. The van der Waals surface area contributed by atoms with Crippen LogP contribution in [0.1, 0.15) is 12.8 Å². The predicted molar refractivity (Wildman–Crippen MR) is 37.8 cm³/mol. The average molecular weight is 128 g/mol. The van der Waals surface area contributed by atoms with E-state index in [4.69, 9.17) is 5.73 Å². The number of likely N-dealkylation sites (tertiary alicyclic amines) is 1. The third-order valence-corrected chi connectivity index (χ3v) is 2.05. The Morgan fingerprint density at radius 3 is 2.89 bits per heavy atom. The number of nitrogens with one attached hydrogen (secondary N) is 1. The topological polar surface area (TPSA) is 30.5 Å². The van der Waals surface area contributed by atoms with Gasteiger partial charge in [0.25, 0.3) is 0 Å². The molecule has 0 aromatic rings. The molecule has 2 unspecified atom stereocenters. The maximum absolute atomic E-state index is 5.52. The van der Waals surface area contributed by atoms with Crippen molar-refractivity contribution < 1.29 is 4.90 Å². The molecule has 9 heavy (non-hydrogen) atoms. The Hall–Kier alpha value is -0.0800. The highest BCUT2D eigenvalue weighted by Crippen LogP contribution is 2.03. The second-order valence-corrected chi connectivity index (χ2v) is 2.95. The summed E-state index contributed by atoms with van der Waals surface area (Å²) < 4.78 is 0. The Morgan fingerprint density at radius 1 is 1.67 bits per heavy atom. The van der Waals surface area contributed by atoms with E-state index in [1.54, 1.807) is 0 Å². The molecular formula is C7H16N2. The van der Waals surface area contributed by atoms with Crippen LogP contribution in [0.25, 0.3) is 0 Å². The van der Waals surface area contributed by atoms with Crippen molar-refractivity contribution in [2.75, 3.05) is 19.6 Å². The first-order valence-corrected chi connectivity index (χ1v) is 3.69. The molecule has 1 aliphatic heterocycles. The van der Waals surface area contributed by atoms with Crippen molar-refractivity contribution in [1.82, 2.24) is 0 Å². The second kappa shape index (κ2) is 3.18. The summed E-state index contributed by atoms with van der Waals surface area (Å²) >= 11 is 0. The third-order valence-electron chi connectivity index (χ3n) is 2.05. The lowest BCUT2D eigenvalue weighted by atomic mass is 9.99. The van der Waals surface area contributed by atoms with Gasteiger partial charge in [-0.3, -0.25) is 0 Å². The fourth-order valence-electron chi connectivity index (χ4n) is 1.45. The molecule has 0 bridgehead atoms. The molecule has 0 aromatic carbocycles. The maximum Gasteiger partial charge on any atom is 0.0571 e. The molecule has 0 amide bonds. The van der Waals surface area contributed by atoms with Gasteiger partial charge in [0.1, 0.15) is 0 Å². The molecule has 0 aliphatic carbocycles. The molecule has 2 heteroatoms. The zero-order valence-electron chi connectivity index (χ0n) is 5.90. The molecule has 3 N–H and O–H groups in total. The summed E-state index contributed by atoms with van der Waals surface area (Å²) in [5.74, 6) is 0.742. The van der Waals surface area contributed by atoms with Gasteiger partial charge in [0.15, 0.2) is 0 Å². The fourth-order valence-corrected chi connectivity index (χ4v) is 1.45. The van der Waals surface area contributed by atoms with Crippen molar-refractivity contribution in [3.8, 4) is 0 Å². The molecular weight excluding hydrogens is 112 g/mol. The number of piperidine rings is 1. The van der Waals surface area contributed by atoms with E-state index in [1.807, 2.05) is 0 Å². The molecule has 0 aromatic heterocycles. The van der Waals surface area contributed by atoms with Crippen LogP contribution in [0.3, 0.4) is 0 Å². The third kappa shape index (κ3) is 1.95. The highest BCUT2D eigenvalue weighted by molar-refractivity contribution is 4.61. The first kappa shape index (κ1) is 7.03. The van der Waals surface area contributed by atoms with Crippen LogP contribution in [0.15, 0.2) is 0 Å². The van der Waals surface area contributed by atoms with Crippen molar-refractivity contribution in [3.63, 3.8) is 0 Å². The monoisotopic (exact) mass is 128 g/mol. The summed E-state index contributed by atoms with van der Waals surface area (Å²) in [6.07, 6.45) is 2.62. The Balaban J connectivity index is 2.23. The normalized spacial score (nSPS) is 36.7. The van der Waals surface area contributed by atoms with Crippen molar-refractivity contribution in [1.29, 1.82) is 0 Å². The first-order valence-electron chi connectivity index (χ1n) is 3.69. The standard InChI is InChI=1S/C7H16N2/c1-9-4-2-3-7(5-8)6-9/h7,9H,1-6,8H2. The van der Waals surface area contributed by atoms with E-state index < -0.39 is 0 Å². The molecule has 1 rings (SSSR count). The van der Waals surface area contributed by atoms with Crippen LogP contribution < -0.4 is 10.6 Å². The fraction of sp³-hybridized carbons (Fsp3) is 0.857. The van der Waals surface area contributed by atoms with Gasteiger partial charge in [-0.1, -0.05) is 0 Å². The van der Waals surface area contributed by atoms with E-state index in [0.29, 0.717) is 0 Å². The predicted octanol–water partition coefficient (Wildman–Crippen LogP) is -0.968. The van der Waals surface area contributed by atoms with Crippen molar-refractivity contribution in [2.45, 2.75) is 12.8 Å². The summed E-state index contributed by atoms with van der Waals surface area (Å²) in [5.41, 5.74) is 5.52. The average Bonchev–Trinajstić information content (AvgIpc) is 1.88. The highest BCUT2D eigenvalue weighted by atomic mass is 15.1.